The van der Waals surface area contributed by atoms with Crippen LogP contribution in [0.3, 0.4) is 0 Å². The molecular formula is C16H20ClNOS. The van der Waals surface area contributed by atoms with Crippen molar-refractivity contribution in [3.63, 3.8) is 0 Å². The van der Waals surface area contributed by atoms with E-state index in [9.17, 15) is 4.79 Å². The average Bonchev–Trinajstić information content (AvgIpc) is 2.39. The number of fused-ring (bicyclic) bond motifs is 2. The van der Waals surface area contributed by atoms with Gasteiger partial charge in [0.2, 0.25) is 0 Å². The summed E-state index contributed by atoms with van der Waals surface area (Å²) in [6.07, 6.45) is 1.02. The Morgan fingerprint density at radius 1 is 1.30 bits per heavy atom. The Morgan fingerprint density at radius 3 is 2.80 bits per heavy atom. The van der Waals surface area contributed by atoms with Crippen molar-refractivity contribution in [3.8, 4) is 0 Å². The molecule has 0 atom stereocenters. The minimum atomic E-state index is 0. The third kappa shape index (κ3) is 2.90. The summed E-state index contributed by atoms with van der Waals surface area (Å²) in [5.41, 5.74) is 1.29. The van der Waals surface area contributed by atoms with Crippen molar-refractivity contribution in [2.45, 2.75) is 26.8 Å². The molecule has 0 amide bonds. The SMILES string of the molecule is CC(C)CN1CCc2sc3ccccc3c(=O)c2C1.Cl. The molecule has 0 bridgehead atoms. The lowest BCUT2D eigenvalue weighted by atomic mass is 10.1. The van der Waals surface area contributed by atoms with Crippen LogP contribution in [0.1, 0.15) is 24.3 Å². The van der Waals surface area contributed by atoms with Crippen LogP contribution in [0.15, 0.2) is 29.1 Å². The maximum atomic E-state index is 12.6. The monoisotopic (exact) mass is 309 g/mol. The van der Waals surface area contributed by atoms with Crippen LogP contribution in [0, 0.1) is 5.92 Å². The van der Waals surface area contributed by atoms with Gasteiger partial charge in [-0.2, -0.15) is 0 Å². The van der Waals surface area contributed by atoms with Gasteiger partial charge in [0.05, 0.1) is 0 Å². The van der Waals surface area contributed by atoms with Crippen molar-refractivity contribution < 1.29 is 0 Å². The van der Waals surface area contributed by atoms with Gasteiger partial charge in [-0.05, 0) is 24.5 Å². The van der Waals surface area contributed by atoms with E-state index in [1.807, 2.05) is 18.2 Å². The van der Waals surface area contributed by atoms with Crippen LogP contribution in [-0.2, 0) is 13.0 Å². The van der Waals surface area contributed by atoms with Gasteiger partial charge in [-0.15, -0.1) is 23.7 Å². The number of hydrogen-bond donors (Lipinski definition) is 0. The molecule has 20 heavy (non-hydrogen) atoms. The minimum Gasteiger partial charge on any atom is -0.298 e. The second kappa shape index (κ2) is 6.25. The molecular weight excluding hydrogens is 290 g/mol. The summed E-state index contributed by atoms with van der Waals surface area (Å²) >= 11 is 1.80. The van der Waals surface area contributed by atoms with Crippen molar-refractivity contribution in [2.24, 2.45) is 5.92 Å². The number of rotatable bonds is 2. The van der Waals surface area contributed by atoms with Crippen molar-refractivity contribution in [2.75, 3.05) is 13.1 Å². The van der Waals surface area contributed by atoms with E-state index >= 15 is 0 Å². The van der Waals surface area contributed by atoms with E-state index in [1.54, 1.807) is 11.3 Å². The van der Waals surface area contributed by atoms with Crippen LogP contribution < -0.4 is 5.43 Å². The largest absolute Gasteiger partial charge is 0.298 e. The Labute approximate surface area is 129 Å². The molecule has 0 N–H and O–H groups in total. The minimum absolute atomic E-state index is 0. The third-order valence-corrected chi connectivity index (χ3v) is 4.91. The molecule has 108 valence electrons. The smallest absolute Gasteiger partial charge is 0.192 e. The molecule has 0 unspecified atom stereocenters. The van der Waals surface area contributed by atoms with E-state index in [1.165, 1.54) is 4.88 Å². The zero-order chi connectivity index (χ0) is 13.4. The second-order valence-electron chi connectivity index (χ2n) is 5.71. The van der Waals surface area contributed by atoms with Crippen LogP contribution >= 0.6 is 23.7 Å². The van der Waals surface area contributed by atoms with E-state index in [0.29, 0.717) is 5.92 Å². The number of benzene rings is 1. The highest BCUT2D eigenvalue weighted by Crippen LogP contribution is 2.26. The van der Waals surface area contributed by atoms with Crippen LogP contribution in [0.5, 0.6) is 0 Å². The predicted molar refractivity (Wildman–Crippen MR) is 89.2 cm³/mol. The van der Waals surface area contributed by atoms with Gasteiger partial charge < -0.3 is 0 Å². The first kappa shape index (κ1) is 15.5. The van der Waals surface area contributed by atoms with Crippen LogP contribution in [0.4, 0.5) is 0 Å². The van der Waals surface area contributed by atoms with Crippen molar-refractivity contribution in [1.82, 2.24) is 4.90 Å². The van der Waals surface area contributed by atoms with Crippen molar-refractivity contribution >= 4 is 33.8 Å². The first-order valence-electron chi connectivity index (χ1n) is 6.91. The van der Waals surface area contributed by atoms with Gasteiger partial charge >= 0.3 is 0 Å². The van der Waals surface area contributed by atoms with Gasteiger partial charge in [0.15, 0.2) is 5.43 Å². The van der Waals surface area contributed by atoms with E-state index in [-0.39, 0.29) is 17.8 Å². The average molecular weight is 310 g/mol. The summed E-state index contributed by atoms with van der Waals surface area (Å²) in [7, 11) is 0. The normalized spacial score (nSPS) is 15.2. The number of halogens is 1. The highest BCUT2D eigenvalue weighted by atomic mass is 35.5. The fourth-order valence-electron chi connectivity index (χ4n) is 2.82. The zero-order valence-electron chi connectivity index (χ0n) is 11.9. The molecule has 0 aliphatic carbocycles. The molecule has 2 nitrogen and oxygen atoms in total. The van der Waals surface area contributed by atoms with Gasteiger partial charge in [0, 0.05) is 40.2 Å². The molecule has 0 saturated heterocycles. The van der Waals surface area contributed by atoms with Crippen LogP contribution in [0.25, 0.3) is 10.1 Å². The maximum absolute atomic E-state index is 12.6. The number of hydrogen-bond acceptors (Lipinski definition) is 3. The molecule has 1 aromatic heterocycles. The summed E-state index contributed by atoms with van der Waals surface area (Å²) in [4.78, 5) is 16.3. The Morgan fingerprint density at radius 2 is 2.05 bits per heavy atom. The Balaban J connectivity index is 0.00000147. The first-order chi connectivity index (χ1) is 9.15. The van der Waals surface area contributed by atoms with E-state index in [4.69, 9.17) is 0 Å². The summed E-state index contributed by atoms with van der Waals surface area (Å²) in [5, 5.41) is 0.887. The maximum Gasteiger partial charge on any atom is 0.192 e. The molecule has 0 radical (unpaired) electrons. The Bertz CT molecular complexity index is 665. The summed E-state index contributed by atoms with van der Waals surface area (Å²) in [6, 6.07) is 7.98. The quantitative estimate of drug-likeness (QED) is 0.843. The van der Waals surface area contributed by atoms with Crippen molar-refractivity contribution in [1.29, 1.82) is 0 Å². The lowest BCUT2D eigenvalue weighted by Crippen LogP contribution is -2.35. The topological polar surface area (TPSA) is 20.3 Å². The fraction of sp³-hybridized carbons (Fsp3) is 0.438. The highest BCUT2D eigenvalue weighted by molar-refractivity contribution is 7.18. The van der Waals surface area contributed by atoms with Crippen molar-refractivity contribution in [3.05, 3.63) is 44.9 Å². The van der Waals surface area contributed by atoms with Gasteiger partial charge in [-0.1, -0.05) is 26.0 Å². The lowest BCUT2D eigenvalue weighted by molar-refractivity contribution is 0.227. The van der Waals surface area contributed by atoms with E-state index < -0.39 is 0 Å². The molecule has 3 rings (SSSR count). The molecule has 2 aromatic rings. The summed E-state index contributed by atoms with van der Waals surface area (Å²) < 4.78 is 1.13. The van der Waals surface area contributed by atoms with Crippen LogP contribution in [-0.4, -0.2) is 18.0 Å². The van der Waals surface area contributed by atoms with Crippen LogP contribution in [0.2, 0.25) is 0 Å². The Hall–Kier alpha value is -0.900. The Kier molecular flexibility index (Phi) is 4.84. The molecule has 0 saturated carbocycles. The first-order valence-corrected chi connectivity index (χ1v) is 7.72. The highest BCUT2D eigenvalue weighted by Gasteiger charge is 2.21. The van der Waals surface area contributed by atoms with E-state index in [0.717, 1.165) is 41.7 Å². The summed E-state index contributed by atoms with van der Waals surface area (Å²) in [5.74, 6) is 0.654. The van der Waals surface area contributed by atoms with E-state index in [2.05, 4.69) is 24.8 Å². The molecule has 4 heteroatoms. The molecule has 2 heterocycles. The van der Waals surface area contributed by atoms with Gasteiger partial charge in [0.1, 0.15) is 0 Å². The number of nitrogens with zero attached hydrogens (tertiary/aromatic N) is 1. The summed E-state index contributed by atoms with van der Waals surface area (Å²) in [6.45, 7) is 7.46. The molecule has 0 fully saturated rings. The van der Waals surface area contributed by atoms with Gasteiger partial charge in [-0.3, -0.25) is 9.69 Å². The molecule has 1 aromatic carbocycles. The third-order valence-electron chi connectivity index (χ3n) is 3.64. The standard InChI is InChI=1S/C16H19NOS.ClH/c1-11(2)9-17-8-7-15-13(10-17)16(18)12-5-3-4-6-14(12)19-15;/h3-6,11H,7-10H2,1-2H3;1H. The predicted octanol–water partition coefficient (Wildman–Crippen LogP) is 3.70. The molecule has 1 aliphatic rings. The zero-order valence-corrected chi connectivity index (χ0v) is 13.5. The lowest BCUT2D eigenvalue weighted by Gasteiger charge is -2.29. The van der Waals surface area contributed by atoms with Gasteiger partial charge in [-0.25, -0.2) is 0 Å². The second-order valence-corrected chi connectivity index (χ2v) is 6.84. The molecule has 1 aliphatic heterocycles. The fourth-order valence-corrected chi connectivity index (χ4v) is 3.98. The van der Waals surface area contributed by atoms with Gasteiger partial charge in [0.25, 0.3) is 0 Å². The molecule has 0 spiro atoms.